The fourth-order valence-electron chi connectivity index (χ4n) is 2.40. The number of hydrogen-bond acceptors (Lipinski definition) is 3. The monoisotopic (exact) mass is 238 g/mol. The summed E-state index contributed by atoms with van der Waals surface area (Å²) in [6, 6.07) is 2.28. The quantitative estimate of drug-likeness (QED) is 0.703. The predicted octanol–water partition coefficient (Wildman–Crippen LogP) is 1.96. The Morgan fingerprint density at radius 1 is 1.35 bits per heavy atom. The third-order valence-electron chi connectivity index (χ3n) is 3.56. The first kappa shape index (κ1) is 14.0. The van der Waals surface area contributed by atoms with Gasteiger partial charge in [0.2, 0.25) is 5.91 Å². The first-order valence-corrected chi connectivity index (χ1v) is 6.32. The van der Waals surface area contributed by atoms with Crippen LogP contribution in [0.5, 0.6) is 0 Å². The lowest BCUT2D eigenvalue weighted by Crippen LogP contribution is -2.42. The number of nitrogens with zero attached hydrogens (tertiary/aromatic N) is 2. The van der Waals surface area contributed by atoms with Crippen molar-refractivity contribution < 1.29 is 9.53 Å². The van der Waals surface area contributed by atoms with Crippen molar-refractivity contribution in [3.63, 3.8) is 0 Å². The number of ether oxygens (including phenoxy) is 1. The second kappa shape index (κ2) is 6.61. The van der Waals surface area contributed by atoms with E-state index in [1.807, 2.05) is 0 Å². The summed E-state index contributed by atoms with van der Waals surface area (Å²) in [6.07, 6.45) is 5.66. The highest BCUT2D eigenvalue weighted by Gasteiger charge is 2.40. The van der Waals surface area contributed by atoms with E-state index in [1.165, 1.54) is 0 Å². The molecular formula is C13H22N2O2. The molecule has 0 atom stereocenters. The summed E-state index contributed by atoms with van der Waals surface area (Å²) in [6.45, 7) is 1.07. The lowest BCUT2D eigenvalue weighted by atomic mass is 9.80. The van der Waals surface area contributed by atoms with Crippen LogP contribution in [-0.4, -0.2) is 38.1 Å². The summed E-state index contributed by atoms with van der Waals surface area (Å²) >= 11 is 0. The van der Waals surface area contributed by atoms with Crippen LogP contribution in [0.2, 0.25) is 0 Å². The number of likely N-dealkylation sites (N-methyl/N-ethyl adjacent to an activating group) is 1. The summed E-state index contributed by atoms with van der Waals surface area (Å²) in [5, 5.41) is 9.38. The van der Waals surface area contributed by atoms with Gasteiger partial charge in [0.05, 0.1) is 12.7 Å². The van der Waals surface area contributed by atoms with Gasteiger partial charge in [0.15, 0.2) is 0 Å². The van der Waals surface area contributed by atoms with Gasteiger partial charge in [0.1, 0.15) is 5.41 Å². The molecule has 1 rings (SSSR count). The molecule has 0 bridgehead atoms. The van der Waals surface area contributed by atoms with Crippen molar-refractivity contribution in [2.45, 2.75) is 38.5 Å². The molecule has 0 unspecified atom stereocenters. The highest BCUT2D eigenvalue weighted by Crippen LogP contribution is 2.35. The molecule has 4 heteroatoms. The van der Waals surface area contributed by atoms with Gasteiger partial charge in [0.25, 0.3) is 0 Å². The molecule has 0 aromatic carbocycles. The molecule has 0 aromatic heterocycles. The van der Waals surface area contributed by atoms with Crippen molar-refractivity contribution in [1.29, 1.82) is 5.26 Å². The van der Waals surface area contributed by atoms with E-state index in [4.69, 9.17) is 4.74 Å². The van der Waals surface area contributed by atoms with E-state index in [2.05, 4.69) is 6.07 Å². The lowest BCUT2D eigenvalue weighted by molar-refractivity contribution is -0.138. The van der Waals surface area contributed by atoms with Gasteiger partial charge in [-0.1, -0.05) is 25.7 Å². The van der Waals surface area contributed by atoms with Gasteiger partial charge in [-0.2, -0.15) is 5.26 Å². The van der Waals surface area contributed by atoms with Gasteiger partial charge in [-0.3, -0.25) is 4.79 Å². The van der Waals surface area contributed by atoms with E-state index in [-0.39, 0.29) is 5.91 Å². The van der Waals surface area contributed by atoms with Crippen molar-refractivity contribution in [1.82, 2.24) is 4.90 Å². The average molecular weight is 238 g/mol. The fraction of sp³-hybridized carbons (Fsp3) is 0.846. The minimum absolute atomic E-state index is 0.0287. The van der Waals surface area contributed by atoms with E-state index in [0.29, 0.717) is 26.0 Å². The first-order chi connectivity index (χ1) is 8.16. The van der Waals surface area contributed by atoms with E-state index in [9.17, 15) is 10.1 Å². The molecule has 0 saturated heterocycles. The summed E-state index contributed by atoms with van der Waals surface area (Å²) in [5.41, 5.74) is -0.779. The Balaban J connectivity index is 2.70. The number of nitriles is 1. The Kier molecular flexibility index (Phi) is 5.43. The number of carbonyl (C=O) groups is 1. The Morgan fingerprint density at radius 2 is 1.94 bits per heavy atom. The predicted molar refractivity (Wildman–Crippen MR) is 65.3 cm³/mol. The number of carbonyl (C=O) groups excluding carboxylic acids is 1. The van der Waals surface area contributed by atoms with Crippen molar-refractivity contribution in [2.75, 3.05) is 27.3 Å². The van der Waals surface area contributed by atoms with E-state index in [0.717, 1.165) is 25.7 Å². The van der Waals surface area contributed by atoms with Crippen molar-refractivity contribution in [3.05, 3.63) is 0 Å². The topological polar surface area (TPSA) is 53.3 Å². The van der Waals surface area contributed by atoms with Crippen molar-refractivity contribution >= 4 is 5.91 Å². The smallest absolute Gasteiger partial charge is 0.242 e. The fourth-order valence-corrected chi connectivity index (χ4v) is 2.40. The summed E-state index contributed by atoms with van der Waals surface area (Å²) in [4.78, 5) is 14.0. The van der Waals surface area contributed by atoms with Crippen LogP contribution in [-0.2, 0) is 9.53 Å². The second-order valence-electron chi connectivity index (χ2n) is 4.83. The summed E-state index contributed by atoms with van der Waals surface area (Å²) in [5.74, 6) is -0.0287. The van der Waals surface area contributed by atoms with Gasteiger partial charge in [0, 0.05) is 20.7 Å². The molecule has 96 valence electrons. The maximum absolute atomic E-state index is 12.4. The minimum atomic E-state index is -0.779. The maximum Gasteiger partial charge on any atom is 0.242 e. The molecule has 0 N–H and O–H groups in total. The molecule has 1 aliphatic rings. The molecule has 0 heterocycles. The Morgan fingerprint density at radius 3 is 2.41 bits per heavy atom. The van der Waals surface area contributed by atoms with E-state index < -0.39 is 5.41 Å². The standard InChI is InChI=1S/C13H22N2O2/c1-15(9-10-17-2)12(16)13(11-14)7-5-3-4-6-8-13/h3-10H2,1-2H3. The van der Waals surface area contributed by atoms with Crippen LogP contribution in [0, 0.1) is 16.7 Å². The number of amides is 1. The second-order valence-corrected chi connectivity index (χ2v) is 4.83. The van der Waals surface area contributed by atoms with Gasteiger partial charge >= 0.3 is 0 Å². The van der Waals surface area contributed by atoms with Gasteiger partial charge in [-0.15, -0.1) is 0 Å². The third-order valence-corrected chi connectivity index (χ3v) is 3.56. The van der Waals surface area contributed by atoms with Crippen LogP contribution in [0.1, 0.15) is 38.5 Å². The molecule has 4 nitrogen and oxygen atoms in total. The molecule has 0 radical (unpaired) electrons. The van der Waals surface area contributed by atoms with Crippen LogP contribution in [0.4, 0.5) is 0 Å². The normalized spacial score (nSPS) is 19.1. The molecule has 0 aromatic rings. The number of methoxy groups -OCH3 is 1. The molecule has 0 spiro atoms. The third kappa shape index (κ3) is 3.44. The summed E-state index contributed by atoms with van der Waals surface area (Å²) < 4.78 is 4.96. The Bertz CT molecular complexity index is 288. The molecule has 1 aliphatic carbocycles. The van der Waals surface area contributed by atoms with Gasteiger partial charge < -0.3 is 9.64 Å². The highest BCUT2D eigenvalue weighted by atomic mass is 16.5. The minimum Gasteiger partial charge on any atom is -0.383 e. The molecule has 17 heavy (non-hydrogen) atoms. The molecule has 1 saturated carbocycles. The lowest BCUT2D eigenvalue weighted by Gasteiger charge is -2.29. The SMILES string of the molecule is COCCN(C)C(=O)C1(C#N)CCCCCC1. The number of rotatable bonds is 4. The average Bonchev–Trinajstić information content (AvgIpc) is 2.61. The van der Waals surface area contributed by atoms with Crippen molar-refractivity contribution in [3.8, 4) is 6.07 Å². The van der Waals surface area contributed by atoms with Crippen LogP contribution in [0.3, 0.4) is 0 Å². The molecule has 1 fully saturated rings. The van der Waals surface area contributed by atoms with Crippen LogP contribution < -0.4 is 0 Å². The zero-order valence-corrected chi connectivity index (χ0v) is 10.9. The first-order valence-electron chi connectivity index (χ1n) is 6.32. The Hall–Kier alpha value is -1.08. The zero-order valence-electron chi connectivity index (χ0n) is 10.9. The molecular weight excluding hydrogens is 216 g/mol. The molecule has 0 aliphatic heterocycles. The van der Waals surface area contributed by atoms with E-state index in [1.54, 1.807) is 19.1 Å². The maximum atomic E-state index is 12.4. The highest BCUT2D eigenvalue weighted by molar-refractivity contribution is 5.85. The number of hydrogen-bond donors (Lipinski definition) is 0. The van der Waals surface area contributed by atoms with Crippen LogP contribution in [0.25, 0.3) is 0 Å². The van der Waals surface area contributed by atoms with Crippen molar-refractivity contribution in [2.24, 2.45) is 5.41 Å². The molecule has 1 amide bonds. The summed E-state index contributed by atoms with van der Waals surface area (Å²) in [7, 11) is 3.37. The van der Waals surface area contributed by atoms with Crippen LogP contribution >= 0.6 is 0 Å². The van der Waals surface area contributed by atoms with Crippen LogP contribution in [0.15, 0.2) is 0 Å². The zero-order chi connectivity index (χ0) is 12.7. The Labute approximate surface area is 104 Å². The van der Waals surface area contributed by atoms with Gasteiger partial charge in [-0.25, -0.2) is 0 Å². The largest absolute Gasteiger partial charge is 0.383 e. The van der Waals surface area contributed by atoms with E-state index >= 15 is 0 Å². The van der Waals surface area contributed by atoms with Gasteiger partial charge in [-0.05, 0) is 12.8 Å².